The van der Waals surface area contributed by atoms with Crippen LogP contribution in [0.15, 0.2) is 18.3 Å². The largest absolute Gasteiger partial charge is 0.481 e. The lowest BCUT2D eigenvalue weighted by molar-refractivity contribution is -0.119. The van der Waals surface area contributed by atoms with Crippen LogP contribution in [-0.4, -0.2) is 24.0 Å². The fourth-order valence-electron chi connectivity index (χ4n) is 1.10. The quantitative estimate of drug-likeness (QED) is 0.674. The van der Waals surface area contributed by atoms with Crippen molar-refractivity contribution in [2.45, 2.75) is 12.5 Å². The monoisotopic (exact) mass is 195 g/mol. The molecule has 4 N–H and O–H groups in total. The number of nitrogens with zero attached hydrogens (tertiary/aromatic N) is 1. The molecule has 0 spiro atoms. The number of pyridine rings is 1. The Morgan fingerprint density at radius 3 is 3.00 bits per heavy atom. The number of primary amides is 1. The lowest BCUT2D eigenvalue weighted by Crippen LogP contribution is -2.38. The van der Waals surface area contributed by atoms with Gasteiger partial charge in [-0.3, -0.25) is 4.79 Å². The van der Waals surface area contributed by atoms with Gasteiger partial charge in [-0.25, -0.2) is 4.98 Å². The summed E-state index contributed by atoms with van der Waals surface area (Å²) in [6.45, 7) is 0. The number of rotatable bonds is 4. The summed E-state index contributed by atoms with van der Waals surface area (Å²) in [6.07, 6.45) is 1.95. The molecule has 1 amide bonds. The van der Waals surface area contributed by atoms with Crippen molar-refractivity contribution in [2.24, 2.45) is 11.5 Å². The van der Waals surface area contributed by atoms with Crippen LogP contribution in [0.4, 0.5) is 0 Å². The standard InChI is InChI=1S/C9H13N3O2/c1-14-9-6(3-2-4-12-9)5-7(10)8(11)13/h2-4,7H,5,10H2,1H3,(H2,11,13). The van der Waals surface area contributed by atoms with Crippen molar-refractivity contribution in [3.8, 4) is 5.88 Å². The number of ether oxygens (including phenoxy) is 1. The van der Waals surface area contributed by atoms with Gasteiger partial charge in [0.25, 0.3) is 0 Å². The first-order valence-corrected chi connectivity index (χ1v) is 4.18. The first-order chi connectivity index (χ1) is 6.65. The minimum atomic E-state index is -0.701. The Balaban J connectivity index is 2.80. The molecule has 5 nitrogen and oxygen atoms in total. The van der Waals surface area contributed by atoms with E-state index in [1.807, 2.05) is 0 Å². The van der Waals surface area contributed by atoms with Gasteiger partial charge in [0.15, 0.2) is 0 Å². The van der Waals surface area contributed by atoms with Crippen LogP contribution >= 0.6 is 0 Å². The number of carbonyl (C=O) groups is 1. The van der Waals surface area contributed by atoms with Crippen LogP contribution < -0.4 is 16.2 Å². The molecular formula is C9H13N3O2. The smallest absolute Gasteiger partial charge is 0.234 e. The molecule has 0 radical (unpaired) electrons. The molecule has 1 unspecified atom stereocenters. The molecule has 0 bridgehead atoms. The van der Waals surface area contributed by atoms with Gasteiger partial charge in [-0.15, -0.1) is 0 Å². The third-order valence-corrected chi connectivity index (χ3v) is 1.85. The molecule has 0 aromatic carbocycles. The Hall–Kier alpha value is -1.62. The predicted molar refractivity (Wildman–Crippen MR) is 51.7 cm³/mol. The summed E-state index contributed by atoms with van der Waals surface area (Å²) >= 11 is 0. The van der Waals surface area contributed by atoms with E-state index in [1.165, 1.54) is 7.11 Å². The second-order valence-electron chi connectivity index (χ2n) is 2.88. The van der Waals surface area contributed by atoms with Crippen molar-refractivity contribution >= 4 is 5.91 Å². The zero-order valence-electron chi connectivity index (χ0n) is 7.93. The van der Waals surface area contributed by atoms with E-state index in [-0.39, 0.29) is 0 Å². The van der Waals surface area contributed by atoms with Crippen molar-refractivity contribution in [3.63, 3.8) is 0 Å². The van der Waals surface area contributed by atoms with Crippen LogP contribution in [0.3, 0.4) is 0 Å². The molecule has 0 aliphatic carbocycles. The maximum Gasteiger partial charge on any atom is 0.234 e. The molecule has 0 saturated heterocycles. The van der Waals surface area contributed by atoms with Crippen LogP contribution in [-0.2, 0) is 11.2 Å². The highest BCUT2D eigenvalue weighted by Crippen LogP contribution is 2.14. The van der Waals surface area contributed by atoms with Crippen molar-refractivity contribution in [1.29, 1.82) is 0 Å². The van der Waals surface area contributed by atoms with Gasteiger partial charge in [0, 0.05) is 18.2 Å². The van der Waals surface area contributed by atoms with E-state index in [0.29, 0.717) is 12.3 Å². The third kappa shape index (κ3) is 2.43. The van der Waals surface area contributed by atoms with E-state index in [4.69, 9.17) is 16.2 Å². The number of amides is 1. The summed E-state index contributed by atoms with van der Waals surface area (Å²) in [5.41, 5.74) is 11.3. The number of aromatic nitrogens is 1. The molecule has 0 fully saturated rings. The van der Waals surface area contributed by atoms with Crippen molar-refractivity contribution in [2.75, 3.05) is 7.11 Å². The molecule has 1 atom stereocenters. The van der Waals surface area contributed by atoms with Crippen LogP contribution in [0.5, 0.6) is 5.88 Å². The minimum absolute atomic E-state index is 0.340. The Labute approximate surface area is 82.1 Å². The number of methoxy groups -OCH3 is 1. The lowest BCUT2D eigenvalue weighted by Gasteiger charge is -2.09. The lowest BCUT2D eigenvalue weighted by atomic mass is 10.1. The second-order valence-corrected chi connectivity index (χ2v) is 2.88. The Morgan fingerprint density at radius 2 is 2.43 bits per heavy atom. The van der Waals surface area contributed by atoms with Gasteiger partial charge in [-0.1, -0.05) is 6.07 Å². The van der Waals surface area contributed by atoms with Crippen molar-refractivity contribution < 1.29 is 9.53 Å². The topological polar surface area (TPSA) is 91.2 Å². The van der Waals surface area contributed by atoms with Crippen molar-refractivity contribution in [1.82, 2.24) is 4.98 Å². The van der Waals surface area contributed by atoms with Crippen molar-refractivity contribution in [3.05, 3.63) is 23.9 Å². The molecule has 0 aliphatic heterocycles. The molecule has 1 rings (SSSR count). The van der Waals surface area contributed by atoms with Gasteiger partial charge in [0.1, 0.15) is 0 Å². The van der Waals surface area contributed by atoms with Gasteiger partial charge in [0.05, 0.1) is 13.2 Å². The number of hydrogen-bond donors (Lipinski definition) is 2. The minimum Gasteiger partial charge on any atom is -0.481 e. The van der Waals surface area contributed by atoms with E-state index in [0.717, 1.165) is 5.56 Å². The van der Waals surface area contributed by atoms with Gasteiger partial charge in [-0.2, -0.15) is 0 Å². The molecule has 76 valence electrons. The zero-order chi connectivity index (χ0) is 10.6. The summed E-state index contributed by atoms with van der Waals surface area (Å²) < 4.78 is 5.01. The van der Waals surface area contributed by atoms with E-state index in [9.17, 15) is 4.79 Å². The maximum atomic E-state index is 10.7. The molecule has 1 aromatic rings. The number of carbonyl (C=O) groups excluding carboxylic acids is 1. The summed E-state index contributed by atoms with van der Waals surface area (Å²) in [4.78, 5) is 14.7. The van der Waals surface area contributed by atoms with Gasteiger partial charge >= 0.3 is 0 Å². The predicted octanol–water partition coefficient (Wildman–Crippen LogP) is -0.555. The van der Waals surface area contributed by atoms with Crippen LogP contribution in [0, 0.1) is 0 Å². The average Bonchev–Trinajstić information content (AvgIpc) is 2.18. The average molecular weight is 195 g/mol. The summed E-state index contributed by atoms with van der Waals surface area (Å²) in [6, 6.07) is 2.85. The van der Waals surface area contributed by atoms with Crippen LogP contribution in [0.2, 0.25) is 0 Å². The first-order valence-electron chi connectivity index (χ1n) is 4.18. The van der Waals surface area contributed by atoms with Gasteiger partial charge in [0.2, 0.25) is 11.8 Å². The van der Waals surface area contributed by atoms with E-state index >= 15 is 0 Å². The third-order valence-electron chi connectivity index (χ3n) is 1.85. The molecule has 5 heteroatoms. The summed E-state index contributed by atoms with van der Waals surface area (Å²) in [7, 11) is 1.52. The molecule has 1 heterocycles. The van der Waals surface area contributed by atoms with E-state index in [2.05, 4.69) is 4.98 Å². The summed E-state index contributed by atoms with van der Waals surface area (Å²) in [5, 5.41) is 0. The highest BCUT2D eigenvalue weighted by atomic mass is 16.5. The molecule has 14 heavy (non-hydrogen) atoms. The highest BCUT2D eigenvalue weighted by molar-refractivity contribution is 5.79. The Morgan fingerprint density at radius 1 is 1.71 bits per heavy atom. The van der Waals surface area contributed by atoms with E-state index in [1.54, 1.807) is 18.3 Å². The van der Waals surface area contributed by atoms with Crippen LogP contribution in [0.1, 0.15) is 5.56 Å². The maximum absolute atomic E-state index is 10.7. The SMILES string of the molecule is COc1ncccc1CC(N)C(N)=O. The van der Waals surface area contributed by atoms with Crippen LogP contribution in [0.25, 0.3) is 0 Å². The van der Waals surface area contributed by atoms with E-state index < -0.39 is 11.9 Å². The first kappa shape index (κ1) is 10.5. The fourth-order valence-corrected chi connectivity index (χ4v) is 1.10. The molecular weight excluding hydrogens is 182 g/mol. The molecule has 0 aliphatic rings. The number of nitrogens with two attached hydrogens (primary N) is 2. The molecule has 1 aromatic heterocycles. The van der Waals surface area contributed by atoms with Gasteiger partial charge in [-0.05, 0) is 6.07 Å². The summed E-state index contributed by atoms with van der Waals surface area (Å²) in [5.74, 6) is -0.0555. The normalized spacial score (nSPS) is 12.1. The van der Waals surface area contributed by atoms with Gasteiger partial charge < -0.3 is 16.2 Å². The fraction of sp³-hybridized carbons (Fsp3) is 0.333. The second kappa shape index (κ2) is 4.57. The molecule has 0 saturated carbocycles. The highest BCUT2D eigenvalue weighted by Gasteiger charge is 2.13. The zero-order valence-corrected chi connectivity index (χ0v) is 7.93. The number of hydrogen-bond acceptors (Lipinski definition) is 4. The Kier molecular flexibility index (Phi) is 3.41. The Bertz CT molecular complexity index is 328.